The van der Waals surface area contributed by atoms with Crippen molar-refractivity contribution in [3.63, 3.8) is 0 Å². The summed E-state index contributed by atoms with van der Waals surface area (Å²) < 4.78 is 0. The van der Waals surface area contributed by atoms with Gasteiger partial charge in [0.15, 0.2) is 0 Å². The predicted octanol–water partition coefficient (Wildman–Crippen LogP) is 0.726. The Bertz CT molecular complexity index is 1280. The van der Waals surface area contributed by atoms with Gasteiger partial charge in [-0.2, -0.15) is 0 Å². The Labute approximate surface area is 240 Å². The molecule has 4 atom stereocenters. The van der Waals surface area contributed by atoms with Gasteiger partial charge in [0.2, 0.25) is 23.6 Å². The minimum absolute atomic E-state index is 0.0889. The van der Waals surface area contributed by atoms with Crippen molar-refractivity contribution in [2.45, 2.75) is 49.9 Å². The molecule has 40 heavy (non-hydrogen) atoms. The second-order valence-electron chi connectivity index (χ2n) is 9.75. The number of nitrogens with zero attached hydrogens (tertiary/aromatic N) is 1. The fraction of sp³-hybridized carbons (Fsp3) is 0.444. The van der Waals surface area contributed by atoms with Crippen molar-refractivity contribution < 1.29 is 29.1 Å². The molecule has 2 fully saturated rings. The summed E-state index contributed by atoms with van der Waals surface area (Å²) in [6.45, 7) is 0.301. The molecule has 5 amide bonds. The Kier molecular flexibility index (Phi) is 10.3. The Balaban J connectivity index is 1.46. The normalized spacial score (nSPS) is 20.4. The van der Waals surface area contributed by atoms with E-state index in [1.54, 1.807) is 0 Å². The van der Waals surface area contributed by atoms with E-state index < -0.39 is 47.8 Å². The van der Waals surface area contributed by atoms with Crippen LogP contribution in [0.2, 0.25) is 0 Å². The summed E-state index contributed by atoms with van der Waals surface area (Å²) in [5, 5.41) is 19.0. The molecule has 2 aliphatic rings. The quantitative estimate of drug-likeness (QED) is 0.240. The average Bonchev–Trinajstić information content (AvgIpc) is 3.40. The number of primary amides is 1. The Morgan fingerprint density at radius 2 is 1.82 bits per heavy atom. The SMILES string of the molecule is NC(=O)[C@H](Cc1ccc2ccccc2c1)NC(=O)[C@@H]1CCCCN1C(=O)[C@H](CSCO)NC(=O)C1CSC(=O)N1. The fourth-order valence-electron chi connectivity index (χ4n) is 4.90. The summed E-state index contributed by atoms with van der Waals surface area (Å²) in [6.07, 6.45) is 1.97. The van der Waals surface area contributed by atoms with Gasteiger partial charge in [-0.05, 0) is 35.6 Å². The molecule has 13 heteroatoms. The first-order valence-corrected chi connectivity index (χ1v) is 15.2. The second-order valence-corrected chi connectivity index (χ2v) is 11.7. The Morgan fingerprint density at radius 3 is 2.52 bits per heavy atom. The van der Waals surface area contributed by atoms with Crippen molar-refractivity contribution in [1.29, 1.82) is 0 Å². The topological polar surface area (TPSA) is 171 Å². The summed E-state index contributed by atoms with van der Waals surface area (Å²) in [5.41, 5.74) is 6.49. The first-order valence-electron chi connectivity index (χ1n) is 13.1. The van der Waals surface area contributed by atoms with Crippen molar-refractivity contribution in [3.8, 4) is 0 Å². The van der Waals surface area contributed by atoms with Crippen LogP contribution in [-0.4, -0.2) is 87.0 Å². The molecule has 214 valence electrons. The third kappa shape index (κ3) is 7.46. The van der Waals surface area contributed by atoms with Crippen molar-refractivity contribution >= 4 is 63.2 Å². The van der Waals surface area contributed by atoms with Gasteiger partial charge in [-0.25, -0.2) is 0 Å². The van der Waals surface area contributed by atoms with E-state index in [4.69, 9.17) is 5.73 Å². The number of carbonyl (C=O) groups excluding carboxylic acids is 5. The maximum atomic E-state index is 13.6. The zero-order valence-corrected chi connectivity index (χ0v) is 23.5. The van der Waals surface area contributed by atoms with Crippen LogP contribution >= 0.6 is 23.5 Å². The van der Waals surface area contributed by atoms with E-state index >= 15 is 0 Å². The van der Waals surface area contributed by atoms with Crippen LogP contribution in [0.1, 0.15) is 24.8 Å². The van der Waals surface area contributed by atoms with Gasteiger partial charge in [0.05, 0.1) is 5.94 Å². The van der Waals surface area contributed by atoms with Crippen LogP contribution < -0.4 is 21.7 Å². The van der Waals surface area contributed by atoms with Gasteiger partial charge in [-0.1, -0.05) is 54.2 Å². The van der Waals surface area contributed by atoms with E-state index in [2.05, 4.69) is 16.0 Å². The van der Waals surface area contributed by atoms with Gasteiger partial charge in [0.1, 0.15) is 24.2 Å². The standard InChI is InChI=1S/C27H33N5O6S2/c28-23(34)19(12-16-8-9-17-5-1-2-6-18(17)11-16)29-25(36)22-7-3-4-10-32(22)26(37)21(13-39-15-33)30-24(35)20-14-40-27(38)31-20/h1-2,5-6,8-9,11,19-22,33H,3-4,7,10,12-15H2,(H2,28,34)(H,29,36)(H,30,35)(H,31,38)/t19-,20?,21-,22-/m0/s1. The zero-order valence-electron chi connectivity index (χ0n) is 21.8. The molecule has 2 saturated heterocycles. The molecule has 0 saturated carbocycles. The molecule has 2 aromatic rings. The number of carbonyl (C=O) groups is 5. The van der Waals surface area contributed by atoms with E-state index in [1.807, 2.05) is 42.5 Å². The number of aliphatic hydroxyl groups is 1. The van der Waals surface area contributed by atoms with Crippen LogP contribution in [0, 0.1) is 0 Å². The zero-order chi connectivity index (χ0) is 28.6. The molecule has 2 aliphatic heterocycles. The lowest BCUT2D eigenvalue weighted by molar-refractivity contribution is -0.145. The number of aliphatic hydroxyl groups excluding tert-OH is 1. The summed E-state index contributed by atoms with van der Waals surface area (Å²) in [6, 6.07) is 10.00. The van der Waals surface area contributed by atoms with Gasteiger partial charge in [-0.15, -0.1) is 11.8 Å². The summed E-state index contributed by atoms with van der Waals surface area (Å²) in [7, 11) is 0. The molecule has 2 aromatic carbocycles. The number of hydrogen-bond donors (Lipinski definition) is 5. The van der Waals surface area contributed by atoms with E-state index in [1.165, 1.54) is 4.90 Å². The second kappa shape index (κ2) is 13.9. The fourth-order valence-corrected chi connectivity index (χ4v) is 6.25. The van der Waals surface area contributed by atoms with Crippen LogP contribution in [0.3, 0.4) is 0 Å². The predicted molar refractivity (Wildman–Crippen MR) is 154 cm³/mol. The van der Waals surface area contributed by atoms with E-state index in [0.29, 0.717) is 25.8 Å². The number of likely N-dealkylation sites (tertiary alicyclic amines) is 1. The molecule has 0 aromatic heterocycles. The van der Waals surface area contributed by atoms with Crippen molar-refractivity contribution in [1.82, 2.24) is 20.9 Å². The highest BCUT2D eigenvalue weighted by Crippen LogP contribution is 2.21. The lowest BCUT2D eigenvalue weighted by Gasteiger charge is -2.37. The van der Waals surface area contributed by atoms with E-state index in [0.717, 1.165) is 39.9 Å². The highest BCUT2D eigenvalue weighted by atomic mass is 32.2. The summed E-state index contributed by atoms with van der Waals surface area (Å²) in [4.78, 5) is 65.0. The molecular weight excluding hydrogens is 554 g/mol. The summed E-state index contributed by atoms with van der Waals surface area (Å²) >= 11 is 2.04. The van der Waals surface area contributed by atoms with E-state index in [-0.39, 0.29) is 29.1 Å². The van der Waals surface area contributed by atoms with Crippen LogP contribution in [-0.2, 0) is 25.6 Å². The van der Waals surface area contributed by atoms with Gasteiger partial charge in [-0.3, -0.25) is 24.0 Å². The number of fused-ring (bicyclic) bond motifs is 1. The van der Waals surface area contributed by atoms with Crippen LogP contribution in [0.15, 0.2) is 42.5 Å². The molecule has 0 radical (unpaired) electrons. The van der Waals surface area contributed by atoms with Crippen molar-refractivity contribution in [2.24, 2.45) is 5.73 Å². The number of piperidine rings is 1. The smallest absolute Gasteiger partial charge is 0.279 e. The molecule has 0 aliphatic carbocycles. The number of amides is 5. The summed E-state index contributed by atoms with van der Waals surface area (Å²) in [5.74, 6) is -2.05. The molecular formula is C27H33N5O6S2. The number of thioether (sulfide) groups is 2. The molecule has 0 bridgehead atoms. The van der Waals surface area contributed by atoms with E-state index in [9.17, 15) is 29.1 Å². The molecule has 6 N–H and O–H groups in total. The first kappa shape index (κ1) is 29.7. The number of nitrogens with two attached hydrogens (primary N) is 1. The van der Waals surface area contributed by atoms with Gasteiger partial charge in [0.25, 0.3) is 5.24 Å². The average molecular weight is 588 g/mol. The first-order chi connectivity index (χ1) is 19.3. The number of nitrogens with one attached hydrogen (secondary N) is 3. The maximum absolute atomic E-state index is 13.6. The highest BCUT2D eigenvalue weighted by Gasteiger charge is 2.38. The third-order valence-electron chi connectivity index (χ3n) is 6.98. The number of benzene rings is 2. The largest absolute Gasteiger partial charge is 0.386 e. The minimum Gasteiger partial charge on any atom is -0.386 e. The van der Waals surface area contributed by atoms with Gasteiger partial charge < -0.3 is 31.7 Å². The lowest BCUT2D eigenvalue weighted by Crippen LogP contribution is -2.61. The third-order valence-corrected chi connectivity index (χ3v) is 8.61. The molecule has 2 heterocycles. The number of hydrogen-bond acceptors (Lipinski definition) is 8. The van der Waals surface area contributed by atoms with Crippen LogP contribution in [0.4, 0.5) is 4.79 Å². The monoisotopic (exact) mass is 587 g/mol. The highest BCUT2D eigenvalue weighted by molar-refractivity contribution is 8.14. The van der Waals surface area contributed by atoms with Gasteiger partial charge >= 0.3 is 0 Å². The Morgan fingerprint density at radius 1 is 1.07 bits per heavy atom. The van der Waals surface area contributed by atoms with Crippen LogP contribution in [0.25, 0.3) is 10.8 Å². The van der Waals surface area contributed by atoms with Crippen molar-refractivity contribution in [3.05, 3.63) is 48.0 Å². The maximum Gasteiger partial charge on any atom is 0.279 e. The molecule has 11 nitrogen and oxygen atoms in total. The molecule has 1 unspecified atom stereocenters. The molecule has 4 rings (SSSR count). The minimum atomic E-state index is -1.01. The Hall–Kier alpha value is -3.29. The van der Waals surface area contributed by atoms with Gasteiger partial charge in [0, 0.05) is 24.5 Å². The molecule has 0 spiro atoms. The lowest BCUT2D eigenvalue weighted by atomic mass is 9.98. The van der Waals surface area contributed by atoms with Crippen LogP contribution in [0.5, 0.6) is 0 Å². The van der Waals surface area contributed by atoms with Crippen molar-refractivity contribution in [2.75, 3.05) is 24.0 Å². The number of rotatable bonds is 11.